The maximum absolute atomic E-state index is 8.92. The van der Waals surface area contributed by atoms with Gasteiger partial charge in [-0.05, 0) is 31.5 Å². The van der Waals surface area contributed by atoms with Crippen molar-refractivity contribution >= 4 is 5.82 Å². The average Bonchev–Trinajstić information content (AvgIpc) is 2.46. The Bertz CT molecular complexity index is 430. The van der Waals surface area contributed by atoms with Crippen LogP contribution >= 0.6 is 0 Å². The van der Waals surface area contributed by atoms with Crippen LogP contribution in [0.3, 0.4) is 0 Å². The minimum Gasteiger partial charge on any atom is -0.357 e. The third-order valence-electron chi connectivity index (χ3n) is 3.79. The molecule has 96 valence electrons. The monoisotopic (exact) mass is 244 g/mol. The maximum Gasteiger partial charge on any atom is 0.129 e. The van der Waals surface area contributed by atoms with Crippen LogP contribution in [0.15, 0.2) is 18.3 Å². The summed E-state index contributed by atoms with van der Waals surface area (Å²) in [6, 6.07) is 6.32. The first-order valence-electron chi connectivity index (χ1n) is 6.56. The van der Waals surface area contributed by atoms with Gasteiger partial charge in [0, 0.05) is 32.4 Å². The van der Waals surface area contributed by atoms with Gasteiger partial charge in [-0.3, -0.25) is 0 Å². The molecule has 0 amide bonds. The largest absolute Gasteiger partial charge is 0.357 e. The van der Waals surface area contributed by atoms with Gasteiger partial charge in [-0.1, -0.05) is 6.92 Å². The number of rotatable bonds is 3. The first kappa shape index (κ1) is 12.8. The van der Waals surface area contributed by atoms with Gasteiger partial charge in [0.1, 0.15) is 5.82 Å². The number of piperidine rings is 1. The number of anilines is 1. The fourth-order valence-electron chi connectivity index (χ4n) is 2.49. The van der Waals surface area contributed by atoms with Gasteiger partial charge in [-0.15, -0.1) is 0 Å². The van der Waals surface area contributed by atoms with Crippen LogP contribution in [0.4, 0.5) is 5.82 Å². The van der Waals surface area contributed by atoms with Crippen LogP contribution in [0.25, 0.3) is 0 Å². The van der Waals surface area contributed by atoms with Crippen LogP contribution in [0.5, 0.6) is 0 Å². The molecule has 0 N–H and O–H groups in total. The Hall–Kier alpha value is -1.60. The Balaban J connectivity index is 2.03. The lowest BCUT2D eigenvalue weighted by atomic mass is 10.0. The number of aromatic nitrogens is 1. The highest BCUT2D eigenvalue weighted by Crippen LogP contribution is 2.20. The number of nitriles is 1. The molecule has 0 radical (unpaired) electrons. The molecular formula is C14H20N4. The molecule has 1 aliphatic heterocycles. The second-order valence-corrected chi connectivity index (χ2v) is 4.79. The predicted octanol–water partition coefficient (Wildman–Crippen LogP) is 1.87. The molecule has 0 spiro atoms. The Morgan fingerprint density at radius 2 is 2.22 bits per heavy atom. The van der Waals surface area contributed by atoms with E-state index in [0.29, 0.717) is 11.6 Å². The zero-order valence-electron chi connectivity index (χ0n) is 11.1. The molecule has 18 heavy (non-hydrogen) atoms. The highest BCUT2D eigenvalue weighted by molar-refractivity contribution is 5.45. The van der Waals surface area contributed by atoms with Gasteiger partial charge in [0.05, 0.1) is 11.6 Å². The molecular weight excluding hydrogens is 224 g/mol. The first-order valence-corrected chi connectivity index (χ1v) is 6.56. The lowest BCUT2D eigenvalue weighted by molar-refractivity contribution is 0.220. The minimum absolute atomic E-state index is 0.536. The van der Waals surface area contributed by atoms with Gasteiger partial charge in [-0.25, -0.2) is 4.98 Å². The molecule has 0 unspecified atom stereocenters. The van der Waals surface area contributed by atoms with Crippen molar-refractivity contribution in [3.05, 3.63) is 23.9 Å². The maximum atomic E-state index is 8.92. The van der Waals surface area contributed by atoms with Crippen LogP contribution in [-0.2, 0) is 0 Å². The molecule has 2 rings (SSSR count). The van der Waals surface area contributed by atoms with E-state index in [2.05, 4.69) is 34.8 Å². The van der Waals surface area contributed by atoms with Crippen molar-refractivity contribution < 1.29 is 0 Å². The summed E-state index contributed by atoms with van der Waals surface area (Å²) < 4.78 is 0. The lowest BCUT2D eigenvalue weighted by Gasteiger charge is -2.36. The van der Waals surface area contributed by atoms with E-state index in [1.54, 1.807) is 12.3 Å². The van der Waals surface area contributed by atoms with E-state index in [9.17, 15) is 0 Å². The van der Waals surface area contributed by atoms with Gasteiger partial charge in [0.25, 0.3) is 0 Å². The van der Waals surface area contributed by atoms with E-state index in [1.807, 2.05) is 6.07 Å². The van der Waals surface area contributed by atoms with Gasteiger partial charge < -0.3 is 9.80 Å². The summed E-state index contributed by atoms with van der Waals surface area (Å²) in [4.78, 5) is 9.05. The Morgan fingerprint density at radius 1 is 1.50 bits per heavy atom. The average molecular weight is 244 g/mol. The Labute approximate surface area is 109 Å². The summed E-state index contributed by atoms with van der Waals surface area (Å²) in [5.41, 5.74) is 0.679. The molecule has 1 aliphatic rings. The van der Waals surface area contributed by atoms with Crippen molar-refractivity contribution in [1.82, 2.24) is 9.88 Å². The molecule has 1 aromatic heterocycles. The number of pyridine rings is 1. The van der Waals surface area contributed by atoms with E-state index >= 15 is 0 Å². The summed E-state index contributed by atoms with van der Waals surface area (Å²) in [7, 11) is 2.08. The second-order valence-electron chi connectivity index (χ2n) is 4.79. The second kappa shape index (κ2) is 5.83. The normalized spacial score (nSPS) is 17.4. The zero-order chi connectivity index (χ0) is 13.0. The van der Waals surface area contributed by atoms with Crippen molar-refractivity contribution in [3.63, 3.8) is 0 Å². The number of hydrogen-bond donors (Lipinski definition) is 0. The van der Waals surface area contributed by atoms with E-state index in [4.69, 9.17) is 5.26 Å². The third-order valence-corrected chi connectivity index (χ3v) is 3.79. The van der Waals surface area contributed by atoms with Crippen LogP contribution in [-0.4, -0.2) is 42.6 Å². The molecule has 0 saturated carbocycles. The van der Waals surface area contributed by atoms with E-state index < -0.39 is 0 Å². The molecule has 0 bridgehead atoms. The molecule has 1 aromatic rings. The molecule has 0 aromatic carbocycles. The van der Waals surface area contributed by atoms with Crippen molar-refractivity contribution in [1.29, 1.82) is 5.26 Å². The molecule has 1 saturated heterocycles. The van der Waals surface area contributed by atoms with Crippen LogP contribution in [0.2, 0.25) is 0 Å². The summed E-state index contributed by atoms with van der Waals surface area (Å²) in [6.07, 6.45) is 4.05. The van der Waals surface area contributed by atoms with E-state index in [0.717, 1.165) is 25.5 Å². The minimum atomic E-state index is 0.536. The molecule has 4 heteroatoms. The van der Waals surface area contributed by atoms with Gasteiger partial charge >= 0.3 is 0 Å². The number of nitrogens with zero attached hydrogens (tertiary/aromatic N) is 4. The van der Waals surface area contributed by atoms with Crippen LogP contribution < -0.4 is 4.90 Å². The zero-order valence-corrected chi connectivity index (χ0v) is 11.1. The summed E-state index contributed by atoms with van der Waals surface area (Å²) in [5, 5.41) is 8.92. The summed E-state index contributed by atoms with van der Waals surface area (Å²) >= 11 is 0. The fraction of sp³-hybridized carbons (Fsp3) is 0.571. The highest BCUT2D eigenvalue weighted by atomic mass is 15.2. The smallest absolute Gasteiger partial charge is 0.129 e. The molecule has 2 heterocycles. The fourth-order valence-corrected chi connectivity index (χ4v) is 2.49. The first-order chi connectivity index (χ1) is 8.74. The SMILES string of the molecule is CCN1CCC(N(C)c2cc(C#N)ccn2)CC1. The Morgan fingerprint density at radius 3 is 2.83 bits per heavy atom. The van der Waals surface area contributed by atoms with Gasteiger partial charge in [0.15, 0.2) is 0 Å². The molecule has 0 aliphatic carbocycles. The van der Waals surface area contributed by atoms with E-state index in [1.165, 1.54) is 12.8 Å². The number of likely N-dealkylation sites (tertiary alicyclic amines) is 1. The summed E-state index contributed by atoms with van der Waals surface area (Å²) in [6.45, 7) is 5.66. The lowest BCUT2D eigenvalue weighted by Crippen LogP contribution is -2.43. The van der Waals surface area contributed by atoms with Crippen molar-refractivity contribution in [3.8, 4) is 6.07 Å². The highest BCUT2D eigenvalue weighted by Gasteiger charge is 2.22. The third kappa shape index (κ3) is 2.80. The molecule has 4 nitrogen and oxygen atoms in total. The van der Waals surface area contributed by atoms with Crippen molar-refractivity contribution in [2.45, 2.75) is 25.8 Å². The topological polar surface area (TPSA) is 43.2 Å². The van der Waals surface area contributed by atoms with Gasteiger partial charge in [0.2, 0.25) is 0 Å². The summed E-state index contributed by atoms with van der Waals surface area (Å²) in [5.74, 6) is 0.906. The molecule has 0 atom stereocenters. The van der Waals surface area contributed by atoms with Gasteiger partial charge in [-0.2, -0.15) is 5.26 Å². The quantitative estimate of drug-likeness (QED) is 0.814. The van der Waals surface area contributed by atoms with E-state index in [-0.39, 0.29) is 0 Å². The van der Waals surface area contributed by atoms with Crippen molar-refractivity contribution in [2.24, 2.45) is 0 Å². The van der Waals surface area contributed by atoms with Crippen LogP contribution in [0.1, 0.15) is 25.3 Å². The predicted molar refractivity (Wildman–Crippen MR) is 72.5 cm³/mol. The molecule has 1 fully saturated rings. The Kier molecular flexibility index (Phi) is 4.16. The standard InChI is InChI=1S/C14H20N4/c1-3-18-8-5-13(6-9-18)17(2)14-10-12(11-15)4-7-16-14/h4,7,10,13H,3,5-6,8-9H2,1-2H3. The van der Waals surface area contributed by atoms with Crippen molar-refractivity contribution in [2.75, 3.05) is 31.6 Å². The number of hydrogen-bond acceptors (Lipinski definition) is 4. The van der Waals surface area contributed by atoms with Crippen LogP contribution in [0, 0.1) is 11.3 Å².